The predicted octanol–water partition coefficient (Wildman–Crippen LogP) is 2.26. The van der Waals surface area contributed by atoms with Gasteiger partial charge in [0.2, 0.25) is 5.91 Å². The molecule has 0 heterocycles. The highest BCUT2D eigenvalue weighted by Crippen LogP contribution is 2.06. The molecule has 0 radical (unpaired) electrons. The van der Waals surface area contributed by atoms with Crippen molar-refractivity contribution in [2.75, 3.05) is 6.54 Å². The van der Waals surface area contributed by atoms with Crippen LogP contribution in [0.3, 0.4) is 0 Å². The van der Waals surface area contributed by atoms with E-state index >= 15 is 0 Å². The van der Waals surface area contributed by atoms with E-state index in [2.05, 4.69) is 10.6 Å². The molecule has 1 rings (SSSR count). The van der Waals surface area contributed by atoms with E-state index in [4.69, 9.17) is 4.74 Å². The summed E-state index contributed by atoms with van der Waals surface area (Å²) in [6.07, 6.45) is 0.160. The average molecular weight is 292 g/mol. The molecular weight excluding hydrogens is 268 g/mol. The molecule has 5 nitrogen and oxygen atoms in total. The van der Waals surface area contributed by atoms with Crippen molar-refractivity contribution in [1.29, 1.82) is 0 Å². The van der Waals surface area contributed by atoms with E-state index in [0.29, 0.717) is 0 Å². The Morgan fingerprint density at radius 2 is 1.81 bits per heavy atom. The first-order valence-electron chi connectivity index (χ1n) is 7.06. The SMILES string of the molecule is C[C@@H](Cc1ccccc1)NC(=O)CNC(=O)OC(C)(C)C. The van der Waals surface area contributed by atoms with Crippen LogP contribution in [0.1, 0.15) is 33.3 Å². The monoisotopic (exact) mass is 292 g/mol. The molecule has 1 aromatic rings. The number of benzene rings is 1. The van der Waals surface area contributed by atoms with Crippen LogP contribution < -0.4 is 10.6 Å². The quantitative estimate of drug-likeness (QED) is 0.874. The number of nitrogens with one attached hydrogen (secondary N) is 2. The second-order valence-corrected chi connectivity index (χ2v) is 6.01. The molecule has 1 atom stereocenters. The molecular formula is C16H24N2O3. The summed E-state index contributed by atoms with van der Waals surface area (Å²) >= 11 is 0. The van der Waals surface area contributed by atoms with Gasteiger partial charge in [0, 0.05) is 6.04 Å². The highest BCUT2D eigenvalue weighted by molar-refractivity contribution is 5.82. The van der Waals surface area contributed by atoms with Crippen molar-refractivity contribution < 1.29 is 14.3 Å². The molecule has 0 fully saturated rings. The van der Waals surface area contributed by atoms with Gasteiger partial charge in [-0.2, -0.15) is 0 Å². The molecule has 0 aromatic heterocycles. The summed E-state index contributed by atoms with van der Waals surface area (Å²) in [5, 5.41) is 5.27. The van der Waals surface area contributed by atoms with Crippen molar-refractivity contribution in [2.24, 2.45) is 0 Å². The lowest BCUT2D eigenvalue weighted by Gasteiger charge is -2.20. The average Bonchev–Trinajstić information content (AvgIpc) is 2.35. The van der Waals surface area contributed by atoms with Crippen molar-refractivity contribution in [3.05, 3.63) is 35.9 Å². The lowest BCUT2D eigenvalue weighted by Crippen LogP contribution is -2.43. The second kappa shape index (κ2) is 7.67. The minimum atomic E-state index is -0.589. The minimum absolute atomic E-state index is 0.000312. The van der Waals surface area contributed by atoms with E-state index in [9.17, 15) is 9.59 Å². The van der Waals surface area contributed by atoms with Gasteiger partial charge < -0.3 is 15.4 Å². The summed E-state index contributed by atoms with van der Waals surface area (Å²) in [5.74, 6) is -0.232. The van der Waals surface area contributed by atoms with Gasteiger partial charge in [-0.05, 0) is 39.7 Å². The van der Waals surface area contributed by atoms with Crippen molar-refractivity contribution in [1.82, 2.24) is 10.6 Å². The van der Waals surface area contributed by atoms with Gasteiger partial charge in [-0.1, -0.05) is 30.3 Å². The summed E-state index contributed by atoms with van der Waals surface area (Å²) in [6.45, 7) is 7.16. The maximum atomic E-state index is 11.7. The Kier molecular flexibility index (Phi) is 6.21. The number of alkyl carbamates (subject to hydrolysis) is 1. The minimum Gasteiger partial charge on any atom is -0.444 e. The van der Waals surface area contributed by atoms with Gasteiger partial charge in [0.05, 0.1) is 0 Å². The Morgan fingerprint density at radius 3 is 2.38 bits per heavy atom. The molecule has 116 valence electrons. The topological polar surface area (TPSA) is 67.4 Å². The van der Waals surface area contributed by atoms with Crippen LogP contribution in [0.25, 0.3) is 0 Å². The number of amides is 2. The zero-order valence-corrected chi connectivity index (χ0v) is 13.1. The number of hydrogen-bond acceptors (Lipinski definition) is 3. The first kappa shape index (κ1) is 17.0. The van der Waals surface area contributed by atoms with Gasteiger partial charge in [0.25, 0.3) is 0 Å². The van der Waals surface area contributed by atoms with Crippen LogP contribution in [-0.2, 0) is 16.0 Å². The van der Waals surface area contributed by atoms with Gasteiger partial charge in [0.15, 0.2) is 0 Å². The zero-order valence-electron chi connectivity index (χ0n) is 13.1. The fraction of sp³-hybridized carbons (Fsp3) is 0.500. The number of ether oxygens (including phenoxy) is 1. The normalized spacial score (nSPS) is 12.4. The van der Waals surface area contributed by atoms with E-state index in [0.717, 1.165) is 12.0 Å². The Morgan fingerprint density at radius 1 is 1.19 bits per heavy atom. The third kappa shape index (κ3) is 7.97. The lowest BCUT2D eigenvalue weighted by atomic mass is 10.1. The third-order valence-electron chi connectivity index (χ3n) is 2.58. The van der Waals surface area contributed by atoms with Crippen LogP contribution in [0.2, 0.25) is 0 Å². The molecule has 0 spiro atoms. The molecule has 2 amide bonds. The Bertz CT molecular complexity index is 466. The molecule has 5 heteroatoms. The summed E-state index contributed by atoms with van der Waals surface area (Å²) in [7, 11) is 0. The first-order valence-corrected chi connectivity index (χ1v) is 7.06. The lowest BCUT2D eigenvalue weighted by molar-refractivity contribution is -0.120. The Labute approximate surface area is 126 Å². The molecule has 0 aliphatic heterocycles. The van der Waals surface area contributed by atoms with Crippen molar-refractivity contribution in [2.45, 2.75) is 45.8 Å². The smallest absolute Gasteiger partial charge is 0.408 e. The maximum Gasteiger partial charge on any atom is 0.408 e. The van der Waals surface area contributed by atoms with E-state index < -0.39 is 11.7 Å². The zero-order chi connectivity index (χ0) is 15.9. The summed E-state index contributed by atoms with van der Waals surface area (Å²) in [6, 6.07) is 9.92. The van der Waals surface area contributed by atoms with Crippen LogP contribution in [-0.4, -0.2) is 30.2 Å². The van der Waals surface area contributed by atoms with E-state index in [1.165, 1.54) is 0 Å². The number of hydrogen-bond donors (Lipinski definition) is 2. The van der Waals surface area contributed by atoms with Crippen LogP contribution in [0.4, 0.5) is 4.79 Å². The van der Waals surface area contributed by atoms with Gasteiger partial charge >= 0.3 is 6.09 Å². The molecule has 0 aliphatic carbocycles. The summed E-state index contributed by atoms with van der Waals surface area (Å²) in [4.78, 5) is 23.2. The molecule has 21 heavy (non-hydrogen) atoms. The van der Waals surface area contributed by atoms with E-state index in [1.54, 1.807) is 20.8 Å². The highest BCUT2D eigenvalue weighted by atomic mass is 16.6. The first-order chi connectivity index (χ1) is 9.76. The molecule has 0 saturated carbocycles. The largest absolute Gasteiger partial charge is 0.444 e. The molecule has 0 saturated heterocycles. The molecule has 0 aliphatic rings. The maximum absolute atomic E-state index is 11.7. The van der Waals surface area contributed by atoms with E-state index in [1.807, 2.05) is 37.3 Å². The van der Waals surface area contributed by atoms with Gasteiger partial charge in [0.1, 0.15) is 12.1 Å². The molecule has 2 N–H and O–H groups in total. The molecule has 1 aromatic carbocycles. The fourth-order valence-corrected chi connectivity index (χ4v) is 1.81. The summed E-state index contributed by atoms with van der Waals surface area (Å²) in [5.41, 5.74) is 0.589. The van der Waals surface area contributed by atoms with Crippen LogP contribution in [0.5, 0.6) is 0 Å². The van der Waals surface area contributed by atoms with E-state index in [-0.39, 0.29) is 18.5 Å². The van der Waals surface area contributed by atoms with Crippen LogP contribution in [0, 0.1) is 0 Å². The number of carbonyl (C=O) groups is 2. The summed E-state index contributed by atoms with van der Waals surface area (Å²) < 4.78 is 5.06. The number of carbonyl (C=O) groups excluding carboxylic acids is 2. The van der Waals surface area contributed by atoms with Crippen LogP contribution in [0.15, 0.2) is 30.3 Å². The van der Waals surface area contributed by atoms with Crippen molar-refractivity contribution in [3.63, 3.8) is 0 Å². The highest BCUT2D eigenvalue weighted by Gasteiger charge is 2.17. The third-order valence-corrected chi connectivity index (χ3v) is 2.58. The van der Waals surface area contributed by atoms with Crippen molar-refractivity contribution in [3.8, 4) is 0 Å². The Hall–Kier alpha value is -2.04. The molecule has 0 unspecified atom stereocenters. The standard InChI is InChI=1S/C16H24N2O3/c1-12(10-13-8-6-5-7-9-13)18-14(19)11-17-15(20)21-16(2,3)4/h5-9,12H,10-11H2,1-4H3,(H,17,20)(H,18,19)/t12-/m0/s1. The van der Waals surface area contributed by atoms with Gasteiger partial charge in [-0.25, -0.2) is 4.79 Å². The van der Waals surface area contributed by atoms with Crippen molar-refractivity contribution >= 4 is 12.0 Å². The number of rotatable bonds is 5. The van der Waals surface area contributed by atoms with Gasteiger partial charge in [-0.15, -0.1) is 0 Å². The molecule has 0 bridgehead atoms. The van der Waals surface area contributed by atoms with Gasteiger partial charge in [-0.3, -0.25) is 4.79 Å². The predicted molar refractivity (Wildman–Crippen MR) is 82.0 cm³/mol. The fourth-order valence-electron chi connectivity index (χ4n) is 1.81. The second-order valence-electron chi connectivity index (χ2n) is 6.01. The Balaban J connectivity index is 2.29. The van der Waals surface area contributed by atoms with Crippen LogP contribution >= 0.6 is 0 Å².